The van der Waals surface area contributed by atoms with Gasteiger partial charge in [0, 0.05) is 28.9 Å². The van der Waals surface area contributed by atoms with Crippen molar-refractivity contribution in [3.8, 4) is 0 Å². The number of hydrogen-bond donors (Lipinski definition) is 0. The van der Waals surface area contributed by atoms with Gasteiger partial charge in [-0.15, -0.1) is 0 Å². The van der Waals surface area contributed by atoms with Gasteiger partial charge >= 0.3 is 0 Å². The Hall–Kier alpha value is -0.983. The standard InChI is InChI=1S/C7H14N2O4Si/c1-7(9(12)13)5-14(2,3)4-6(7)8(10)11/h6H,4-5H2,1-3H3/t6-,7+/m0/s1. The van der Waals surface area contributed by atoms with Gasteiger partial charge in [-0.2, -0.15) is 0 Å². The van der Waals surface area contributed by atoms with E-state index < -0.39 is 29.5 Å². The van der Waals surface area contributed by atoms with Gasteiger partial charge in [0.05, 0.1) is 8.07 Å². The smallest absolute Gasteiger partial charge is 0.264 e. The Morgan fingerprint density at radius 3 is 2.14 bits per heavy atom. The Morgan fingerprint density at radius 1 is 1.36 bits per heavy atom. The molecule has 1 aliphatic heterocycles. The molecule has 14 heavy (non-hydrogen) atoms. The molecular weight excluding hydrogens is 204 g/mol. The third kappa shape index (κ3) is 1.63. The van der Waals surface area contributed by atoms with Crippen LogP contribution in [0.5, 0.6) is 0 Å². The highest BCUT2D eigenvalue weighted by atomic mass is 28.3. The predicted octanol–water partition coefficient (Wildman–Crippen LogP) is 1.39. The molecule has 1 aliphatic rings. The van der Waals surface area contributed by atoms with E-state index in [1.54, 1.807) is 0 Å². The van der Waals surface area contributed by atoms with Crippen molar-refractivity contribution in [2.45, 2.75) is 43.7 Å². The maximum absolute atomic E-state index is 10.8. The van der Waals surface area contributed by atoms with Crippen LogP contribution in [-0.2, 0) is 0 Å². The van der Waals surface area contributed by atoms with Crippen molar-refractivity contribution in [2.24, 2.45) is 0 Å². The van der Waals surface area contributed by atoms with Crippen molar-refractivity contribution in [3.05, 3.63) is 20.2 Å². The lowest BCUT2D eigenvalue weighted by Gasteiger charge is -2.17. The summed E-state index contributed by atoms with van der Waals surface area (Å²) >= 11 is 0. The van der Waals surface area contributed by atoms with Crippen molar-refractivity contribution in [1.82, 2.24) is 0 Å². The van der Waals surface area contributed by atoms with E-state index in [-0.39, 0.29) is 0 Å². The molecule has 0 aromatic carbocycles. The molecule has 1 fully saturated rings. The van der Waals surface area contributed by atoms with Gasteiger partial charge in [0.25, 0.3) is 11.6 Å². The molecule has 1 heterocycles. The second-order valence-electron chi connectivity index (χ2n) is 4.96. The summed E-state index contributed by atoms with van der Waals surface area (Å²) in [5.74, 6) is 0. The maximum atomic E-state index is 10.8. The minimum absolute atomic E-state index is 0.401. The molecule has 1 rings (SSSR count). The van der Waals surface area contributed by atoms with E-state index in [0.29, 0.717) is 12.1 Å². The highest BCUT2D eigenvalue weighted by Crippen LogP contribution is 2.41. The van der Waals surface area contributed by atoms with Gasteiger partial charge < -0.3 is 0 Å². The molecule has 0 N–H and O–H groups in total. The molecule has 7 heteroatoms. The fourth-order valence-corrected chi connectivity index (χ4v) is 6.47. The first-order chi connectivity index (χ1) is 6.19. The quantitative estimate of drug-likeness (QED) is 0.398. The second-order valence-corrected chi connectivity index (χ2v) is 10.1. The summed E-state index contributed by atoms with van der Waals surface area (Å²) in [5, 5.41) is 21.6. The first-order valence-corrected chi connectivity index (χ1v) is 7.88. The van der Waals surface area contributed by atoms with Crippen molar-refractivity contribution in [3.63, 3.8) is 0 Å². The third-order valence-corrected chi connectivity index (χ3v) is 6.14. The largest absolute Gasteiger partial charge is 0.282 e. The minimum atomic E-state index is -1.75. The fourth-order valence-electron chi connectivity index (χ4n) is 2.39. The summed E-state index contributed by atoms with van der Waals surface area (Å²) in [6, 6.07) is -0.185. The maximum Gasteiger partial charge on any atom is 0.282 e. The van der Waals surface area contributed by atoms with Gasteiger partial charge in [0.15, 0.2) is 0 Å². The molecule has 0 spiro atoms. The van der Waals surface area contributed by atoms with Crippen LogP contribution >= 0.6 is 0 Å². The summed E-state index contributed by atoms with van der Waals surface area (Å²) < 4.78 is 0. The Kier molecular flexibility index (Phi) is 2.38. The summed E-state index contributed by atoms with van der Waals surface area (Å²) in [5.41, 5.74) is -1.35. The van der Waals surface area contributed by atoms with Crippen LogP contribution in [0.15, 0.2) is 0 Å². The van der Waals surface area contributed by atoms with Gasteiger partial charge in [-0.05, 0) is 0 Å². The Labute approximate surface area is 82.6 Å². The number of hydrogen-bond acceptors (Lipinski definition) is 4. The van der Waals surface area contributed by atoms with E-state index in [2.05, 4.69) is 0 Å². The molecule has 2 atom stereocenters. The molecule has 0 aromatic heterocycles. The van der Waals surface area contributed by atoms with Crippen molar-refractivity contribution in [2.75, 3.05) is 0 Å². The van der Waals surface area contributed by atoms with Crippen molar-refractivity contribution in [1.29, 1.82) is 0 Å². The molecule has 0 bridgehead atoms. The molecular formula is C7H14N2O4Si. The average molecular weight is 218 g/mol. The lowest BCUT2D eigenvalue weighted by molar-refractivity contribution is -0.640. The van der Waals surface area contributed by atoms with E-state index in [0.717, 1.165) is 0 Å². The Balaban J connectivity index is 3.05. The molecule has 0 radical (unpaired) electrons. The lowest BCUT2D eigenvalue weighted by Crippen LogP contribution is -2.45. The highest BCUT2D eigenvalue weighted by Gasteiger charge is 2.64. The van der Waals surface area contributed by atoms with Gasteiger partial charge in [-0.25, -0.2) is 0 Å². The number of nitro groups is 2. The molecule has 0 amide bonds. The van der Waals surface area contributed by atoms with Crippen LogP contribution < -0.4 is 0 Å². The van der Waals surface area contributed by atoms with Gasteiger partial charge in [0.1, 0.15) is 0 Å². The van der Waals surface area contributed by atoms with E-state index in [1.807, 2.05) is 13.1 Å². The topological polar surface area (TPSA) is 86.3 Å². The monoisotopic (exact) mass is 218 g/mol. The Morgan fingerprint density at radius 2 is 1.86 bits per heavy atom. The van der Waals surface area contributed by atoms with Gasteiger partial charge in [-0.3, -0.25) is 20.2 Å². The van der Waals surface area contributed by atoms with Gasteiger partial charge in [0.2, 0.25) is 0 Å². The van der Waals surface area contributed by atoms with Crippen LogP contribution in [-0.4, -0.2) is 29.5 Å². The summed E-state index contributed by atoms with van der Waals surface area (Å²) in [6.07, 6.45) is 0. The number of nitrogens with zero attached hydrogens (tertiary/aromatic N) is 2. The number of rotatable bonds is 2. The van der Waals surface area contributed by atoms with Crippen LogP contribution in [0.4, 0.5) is 0 Å². The minimum Gasteiger partial charge on any atom is -0.264 e. The van der Waals surface area contributed by atoms with E-state index in [4.69, 9.17) is 0 Å². The van der Waals surface area contributed by atoms with Gasteiger partial charge in [-0.1, -0.05) is 13.1 Å². The normalized spacial score (nSPS) is 35.5. The molecule has 80 valence electrons. The van der Waals surface area contributed by atoms with E-state index >= 15 is 0 Å². The third-order valence-electron chi connectivity index (χ3n) is 2.97. The highest BCUT2D eigenvalue weighted by molar-refractivity contribution is 6.78. The van der Waals surface area contributed by atoms with Crippen LogP contribution in [0.1, 0.15) is 6.92 Å². The van der Waals surface area contributed by atoms with Crippen LogP contribution in [0.3, 0.4) is 0 Å². The molecule has 0 unspecified atom stereocenters. The predicted molar refractivity (Wildman–Crippen MR) is 53.3 cm³/mol. The summed E-state index contributed by atoms with van der Waals surface area (Å²) in [6.45, 7) is 5.35. The van der Waals surface area contributed by atoms with Crippen LogP contribution in [0, 0.1) is 20.2 Å². The van der Waals surface area contributed by atoms with Crippen LogP contribution in [0.2, 0.25) is 25.2 Å². The fraction of sp³-hybridized carbons (Fsp3) is 1.00. The summed E-state index contributed by atoms with van der Waals surface area (Å²) in [7, 11) is -1.75. The molecule has 0 aromatic rings. The van der Waals surface area contributed by atoms with Crippen LogP contribution in [0.25, 0.3) is 0 Å². The van der Waals surface area contributed by atoms with Crippen molar-refractivity contribution >= 4 is 8.07 Å². The zero-order valence-corrected chi connectivity index (χ0v) is 9.52. The van der Waals surface area contributed by atoms with E-state index in [1.165, 1.54) is 6.92 Å². The molecule has 0 saturated carbocycles. The zero-order chi connectivity index (χ0) is 11.1. The molecule has 6 nitrogen and oxygen atoms in total. The zero-order valence-electron chi connectivity index (χ0n) is 8.52. The van der Waals surface area contributed by atoms with Crippen molar-refractivity contribution < 1.29 is 9.85 Å². The first-order valence-electron chi connectivity index (χ1n) is 4.47. The first kappa shape index (κ1) is 11.1. The Bertz CT molecular complexity index is 293. The summed E-state index contributed by atoms with van der Waals surface area (Å²) in [4.78, 5) is 20.6. The second kappa shape index (κ2) is 3.01. The lowest BCUT2D eigenvalue weighted by atomic mass is 9.98. The molecule has 0 aliphatic carbocycles. The SMILES string of the molecule is C[C@@]1([N+](=O)[O-])C[Si](C)(C)C[C@@H]1[N+](=O)[O-]. The van der Waals surface area contributed by atoms with E-state index in [9.17, 15) is 20.2 Å². The molecule has 1 saturated heterocycles. The average Bonchev–Trinajstić information content (AvgIpc) is 2.22.